The molecular formula is C27H25FN4O5. The molecule has 2 aromatic carbocycles. The van der Waals surface area contributed by atoms with E-state index in [-0.39, 0.29) is 11.3 Å². The van der Waals surface area contributed by atoms with Crippen LogP contribution in [0.25, 0.3) is 11.4 Å². The van der Waals surface area contributed by atoms with Crippen LogP contribution in [0.3, 0.4) is 0 Å². The van der Waals surface area contributed by atoms with Gasteiger partial charge in [-0.3, -0.25) is 4.98 Å². The van der Waals surface area contributed by atoms with Crippen LogP contribution in [0.2, 0.25) is 0 Å². The van der Waals surface area contributed by atoms with Gasteiger partial charge in [-0.25, -0.2) is 14.0 Å². The number of urea groups is 1. The fourth-order valence-electron chi connectivity index (χ4n) is 3.61. The summed E-state index contributed by atoms with van der Waals surface area (Å²) in [4.78, 5) is 31.3. The van der Waals surface area contributed by atoms with Gasteiger partial charge in [0, 0.05) is 25.1 Å². The molecular weight excluding hydrogens is 479 g/mol. The Balaban J connectivity index is 1.44. The van der Waals surface area contributed by atoms with Crippen molar-refractivity contribution < 1.29 is 28.6 Å². The van der Waals surface area contributed by atoms with E-state index < -0.39 is 23.9 Å². The lowest BCUT2D eigenvalue weighted by atomic mass is 10.1. The average Bonchev–Trinajstić information content (AvgIpc) is 3.33. The number of nitrogens with zero attached hydrogens (tertiary/aromatic N) is 1. The Morgan fingerprint density at radius 3 is 2.49 bits per heavy atom. The van der Waals surface area contributed by atoms with E-state index in [4.69, 9.17) is 9.47 Å². The highest BCUT2D eigenvalue weighted by Crippen LogP contribution is 2.30. The summed E-state index contributed by atoms with van der Waals surface area (Å²) in [5.41, 5.74) is 2.95. The molecule has 4 rings (SSSR count). The number of carboxylic acid groups (broad SMARTS) is 1. The molecule has 9 nitrogen and oxygen atoms in total. The molecule has 0 saturated carbocycles. The number of nitrogens with one attached hydrogen (secondary N) is 3. The molecule has 0 aliphatic rings. The van der Waals surface area contributed by atoms with Crippen LogP contribution in [-0.4, -0.2) is 34.2 Å². The van der Waals surface area contributed by atoms with Crippen LogP contribution in [-0.2, 0) is 4.74 Å². The lowest BCUT2D eigenvalue weighted by molar-refractivity contribution is 0.0682. The van der Waals surface area contributed by atoms with Gasteiger partial charge >= 0.3 is 12.0 Å². The number of carboxylic acids is 1. The van der Waals surface area contributed by atoms with Gasteiger partial charge in [0.1, 0.15) is 17.3 Å². The second kappa shape index (κ2) is 10.9. The molecule has 0 radical (unpaired) electrons. The fourth-order valence-corrected chi connectivity index (χ4v) is 3.61. The smallest absolute Gasteiger partial charge is 0.337 e. The molecule has 4 N–H and O–H groups in total. The summed E-state index contributed by atoms with van der Waals surface area (Å²) < 4.78 is 25.0. The Labute approximate surface area is 212 Å². The number of benzene rings is 2. The molecule has 0 saturated heterocycles. The molecule has 10 heteroatoms. The first-order valence-corrected chi connectivity index (χ1v) is 11.3. The van der Waals surface area contributed by atoms with E-state index in [1.165, 1.54) is 19.2 Å². The molecule has 1 unspecified atom stereocenters. The summed E-state index contributed by atoms with van der Waals surface area (Å²) in [5.74, 6) is -0.616. The van der Waals surface area contributed by atoms with E-state index in [9.17, 15) is 19.1 Å². The van der Waals surface area contributed by atoms with E-state index in [0.29, 0.717) is 34.3 Å². The third kappa shape index (κ3) is 6.11. The summed E-state index contributed by atoms with van der Waals surface area (Å²) in [6, 6.07) is 15.3. The maximum Gasteiger partial charge on any atom is 0.337 e. The summed E-state index contributed by atoms with van der Waals surface area (Å²) in [5, 5.41) is 14.7. The van der Waals surface area contributed by atoms with Crippen molar-refractivity contribution in [1.29, 1.82) is 0 Å². The number of aromatic amines is 1. The Hall–Kier alpha value is -4.70. The standard InChI is InChI=1S/C27H25FN4O5/c1-15-4-9-21(28)22(12-15)32-27(35)30-17-5-7-18(8-6-17)37-19-10-11-29-23(13-19)24-14-20(26(33)34)25(31-24)16(2)36-3/h4-14,16,31H,1-3H3,(H,33,34)(H2,30,32,35). The molecule has 0 aliphatic carbocycles. The van der Waals surface area contributed by atoms with E-state index in [1.54, 1.807) is 68.6 Å². The van der Waals surface area contributed by atoms with Crippen molar-refractivity contribution in [3.05, 3.63) is 89.5 Å². The normalized spacial score (nSPS) is 11.6. The van der Waals surface area contributed by atoms with Crippen molar-refractivity contribution in [2.75, 3.05) is 17.7 Å². The molecule has 37 heavy (non-hydrogen) atoms. The van der Waals surface area contributed by atoms with Gasteiger partial charge in [0.15, 0.2) is 0 Å². The highest BCUT2D eigenvalue weighted by atomic mass is 19.1. The number of H-pyrrole nitrogens is 1. The van der Waals surface area contributed by atoms with Gasteiger partial charge in [-0.2, -0.15) is 0 Å². The molecule has 2 amide bonds. The number of carbonyl (C=O) groups is 2. The third-order valence-electron chi connectivity index (χ3n) is 5.56. The molecule has 0 fully saturated rings. The van der Waals surface area contributed by atoms with Crippen LogP contribution >= 0.6 is 0 Å². The number of amides is 2. The molecule has 2 heterocycles. The predicted octanol–water partition coefficient (Wildman–Crippen LogP) is 6.37. The first-order valence-electron chi connectivity index (χ1n) is 11.3. The summed E-state index contributed by atoms with van der Waals surface area (Å²) in [6.45, 7) is 3.55. The minimum absolute atomic E-state index is 0.0901. The van der Waals surface area contributed by atoms with E-state index >= 15 is 0 Å². The summed E-state index contributed by atoms with van der Waals surface area (Å²) in [6.07, 6.45) is 1.11. The number of halogens is 1. The fraction of sp³-hybridized carbons (Fsp3) is 0.148. The Morgan fingerprint density at radius 1 is 1.03 bits per heavy atom. The molecule has 0 spiro atoms. The molecule has 0 bridgehead atoms. The second-order valence-corrected chi connectivity index (χ2v) is 8.26. The van der Waals surface area contributed by atoms with Crippen LogP contribution < -0.4 is 15.4 Å². The molecule has 1 atom stereocenters. The first-order chi connectivity index (χ1) is 17.7. The minimum Gasteiger partial charge on any atom is -0.478 e. The van der Waals surface area contributed by atoms with Crippen LogP contribution in [0.4, 0.5) is 20.6 Å². The van der Waals surface area contributed by atoms with E-state index in [2.05, 4.69) is 20.6 Å². The van der Waals surface area contributed by atoms with Crippen molar-refractivity contribution in [1.82, 2.24) is 9.97 Å². The third-order valence-corrected chi connectivity index (χ3v) is 5.56. The van der Waals surface area contributed by atoms with Gasteiger partial charge in [0.25, 0.3) is 0 Å². The van der Waals surface area contributed by atoms with Gasteiger partial charge < -0.3 is 30.2 Å². The van der Waals surface area contributed by atoms with Crippen LogP contribution in [0.15, 0.2) is 66.9 Å². The number of aromatic carboxylic acids is 1. The Kier molecular flexibility index (Phi) is 7.49. The lowest BCUT2D eigenvalue weighted by Gasteiger charge is -2.11. The number of pyridine rings is 1. The van der Waals surface area contributed by atoms with E-state index in [0.717, 1.165) is 5.56 Å². The van der Waals surface area contributed by atoms with Crippen molar-refractivity contribution in [2.24, 2.45) is 0 Å². The average molecular weight is 505 g/mol. The van der Waals surface area contributed by atoms with Crippen molar-refractivity contribution >= 4 is 23.4 Å². The minimum atomic E-state index is -1.07. The number of aryl methyl sites for hydroxylation is 1. The SMILES string of the molecule is COC(C)c1[nH]c(-c2cc(Oc3ccc(NC(=O)Nc4cc(C)ccc4F)cc3)ccn2)cc1C(=O)O. The molecule has 0 aliphatic heterocycles. The number of aromatic nitrogens is 2. The highest BCUT2D eigenvalue weighted by Gasteiger charge is 2.20. The second-order valence-electron chi connectivity index (χ2n) is 8.26. The number of rotatable bonds is 8. The van der Waals surface area contributed by atoms with Gasteiger partial charge in [-0.05, 0) is 67.9 Å². The zero-order valence-electron chi connectivity index (χ0n) is 20.3. The summed E-state index contributed by atoms with van der Waals surface area (Å²) in [7, 11) is 1.50. The number of anilines is 2. The Bertz CT molecular complexity index is 1440. The maximum absolute atomic E-state index is 13.9. The topological polar surface area (TPSA) is 126 Å². The van der Waals surface area contributed by atoms with Crippen LogP contribution in [0, 0.1) is 12.7 Å². The van der Waals surface area contributed by atoms with Gasteiger partial charge in [0.05, 0.1) is 34.4 Å². The predicted molar refractivity (Wildman–Crippen MR) is 137 cm³/mol. The van der Waals surface area contributed by atoms with Crippen molar-refractivity contribution in [2.45, 2.75) is 20.0 Å². The van der Waals surface area contributed by atoms with Crippen molar-refractivity contribution in [3.8, 4) is 22.9 Å². The Morgan fingerprint density at radius 2 is 1.78 bits per heavy atom. The van der Waals surface area contributed by atoms with Gasteiger partial charge in [0.2, 0.25) is 0 Å². The highest BCUT2D eigenvalue weighted by molar-refractivity contribution is 5.99. The van der Waals surface area contributed by atoms with Crippen LogP contribution in [0.5, 0.6) is 11.5 Å². The van der Waals surface area contributed by atoms with Gasteiger partial charge in [-0.1, -0.05) is 6.07 Å². The molecule has 2 aromatic heterocycles. The maximum atomic E-state index is 13.9. The largest absolute Gasteiger partial charge is 0.478 e. The first kappa shape index (κ1) is 25.4. The quantitative estimate of drug-likeness (QED) is 0.221. The summed E-state index contributed by atoms with van der Waals surface area (Å²) >= 11 is 0. The molecule has 4 aromatic rings. The number of ether oxygens (including phenoxy) is 2. The zero-order valence-corrected chi connectivity index (χ0v) is 20.3. The number of hydrogen-bond acceptors (Lipinski definition) is 5. The monoisotopic (exact) mass is 504 g/mol. The van der Waals surface area contributed by atoms with Crippen LogP contribution in [0.1, 0.15) is 34.6 Å². The number of methoxy groups -OCH3 is 1. The van der Waals surface area contributed by atoms with Crippen molar-refractivity contribution in [3.63, 3.8) is 0 Å². The number of carbonyl (C=O) groups excluding carboxylic acids is 1. The zero-order chi connectivity index (χ0) is 26.5. The number of hydrogen-bond donors (Lipinski definition) is 4. The van der Waals surface area contributed by atoms with E-state index in [1.807, 2.05) is 0 Å². The lowest BCUT2D eigenvalue weighted by Crippen LogP contribution is -2.20. The van der Waals surface area contributed by atoms with Gasteiger partial charge in [-0.15, -0.1) is 0 Å². The molecule has 190 valence electrons.